The molecule has 1 N–H and O–H groups in total. The number of sulfonamides is 1. The Morgan fingerprint density at radius 1 is 1.23 bits per heavy atom. The third-order valence-corrected chi connectivity index (χ3v) is 7.96. The van der Waals surface area contributed by atoms with Crippen LogP contribution in [0.5, 0.6) is 5.75 Å². The minimum atomic E-state index is -3.82. The lowest BCUT2D eigenvalue weighted by molar-refractivity contribution is -0.119. The number of nitrogens with one attached hydrogen (secondary N) is 1. The molecular formula is C20H19ClN4O4S2. The van der Waals surface area contributed by atoms with E-state index in [1.54, 1.807) is 7.11 Å². The number of halogens is 1. The van der Waals surface area contributed by atoms with E-state index in [1.807, 2.05) is 24.3 Å². The third kappa shape index (κ3) is 4.57. The molecule has 31 heavy (non-hydrogen) atoms. The first-order chi connectivity index (χ1) is 14.9. The molecule has 11 heteroatoms. The molecule has 0 radical (unpaired) electrons. The van der Waals surface area contributed by atoms with Crippen molar-refractivity contribution in [1.29, 1.82) is 0 Å². The Hall–Kier alpha value is -2.53. The predicted molar refractivity (Wildman–Crippen MR) is 119 cm³/mol. The second kappa shape index (κ2) is 8.91. The Morgan fingerprint density at radius 3 is 2.74 bits per heavy atom. The summed E-state index contributed by atoms with van der Waals surface area (Å²) < 4.78 is 32.5. The first kappa shape index (κ1) is 21.7. The van der Waals surface area contributed by atoms with Crippen LogP contribution < -0.4 is 10.1 Å². The first-order valence-corrected chi connectivity index (χ1v) is 12.1. The van der Waals surface area contributed by atoms with Gasteiger partial charge < -0.3 is 4.74 Å². The average molecular weight is 479 g/mol. The minimum Gasteiger partial charge on any atom is -0.497 e. The van der Waals surface area contributed by atoms with Crippen molar-refractivity contribution >= 4 is 44.0 Å². The van der Waals surface area contributed by atoms with Gasteiger partial charge in [-0.05, 0) is 49.2 Å². The summed E-state index contributed by atoms with van der Waals surface area (Å²) in [6.07, 6.45) is 1.02. The maximum Gasteiger partial charge on any atom is 0.244 e. The molecule has 1 aliphatic rings. The molecule has 0 aliphatic carbocycles. The Bertz CT molecular complexity index is 1200. The van der Waals surface area contributed by atoms with Crippen LogP contribution in [0.3, 0.4) is 0 Å². The maximum absolute atomic E-state index is 13.0. The second-order valence-corrected chi connectivity index (χ2v) is 10.2. The molecule has 1 aromatic heterocycles. The molecule has 1 amide bonds. The fourth-order valence-corrected chi connectivity index (χ4v) is 5.89. The number of aromatic nitrogens is 2. The first-order valence-electron chi connectivity index (χ1n) is 9.45. The molecule has 2 heterocycles. The Morgan fingerprint density at radius 2 is 2.00 bits per heavy atom. The fraction of sp³-hybridized carbons (Fsp3) is 0.250. The van der Waals surface area contributed by atoms with E-state index in [9.17, 15) is 13.2 Å². The van der Waals surface area contributed by atoms with E-state index in [0.717, 1.165) is 5.56 Å². The van der Waals surface area contributed by atoms with Crippen LogP contribution in [0.1, 0.15) is 12.8 Å². The van der Waals surface area contributed by atoms with Gasteiger partial charge in [-0.2, -0.15) is 4.31 Å². The topological polar surface area (TPSA) is 101 Å². The highest BCUT2D eigenvalue weighted by atomic mass is 35.5. The van der Waals surface area contributed by atoms with E-state index < -0.39 is 22.0 Å². The van der Waals surface area contributed by atoms with Crippen molar-refractivity contribution in [3.8, 4) is 16.3 Å². The molecular weight excluding hydrogens is 460 g/mol. The van der Waals surface area contributed by atoms with Crippen LogP contribution in [0.2, 0.25) is 5.02 Å². The maximum atomic E-state index is 13.0. The Kier molecular flexibility index (Phi) is 6.24. The Labute approximate surface area is 188 Å². The van der Waals surface area contributed by atoms with Gasteiger partial charge in [0, 0.05) is 17.1 Å². The number of rotatable bonds is 6. The van der Waals surface area contributed by atoms with Gasteiger partial charge in [0.1, 0.15) is 16.8 Å². The zero-order chi connectivity index (χ0) is 22.0. The molecule has 162 valence electrons. The highest BCUT2D eigenvalue weighted by Crippen LogP contribution is 2.31. The van der Waals surface area contributed by atoms with Gasteiger partial charge in [0.05, 0.1) is 12.0 Å². The number of ether oxygens (including phenoxy) is 1. The minimum absolute atomic E-state index is 0.104. The summed E-state index contributed by atoms with van der Waals surface area (Å²) in [5.74, 6) is 0.260. The summed E-state index contributed by atoms with van der Waals surface area (Å²) in [5.41, 5.74) is 0.810. The van der Waals surface area contributed by atoms with Crippen molar-refractivity contribution in [2.45, 2.75) is 23.8 Å². The van der Waals surface area contributed by atoms with Crippen molar-refractivity contribution in [2.24, 2.45) is 0 Å². The standard InChI is InChI=1S/C20H19ClN4O4S2/c1-29-15-5-2-4-13(12-15)19-23-24-20(30-19)22-18(26)17-6-3-11-25(17)31(27,28)16-9-7-14(21)8-10-16/h2,4-5,7-10,12,17H,3,6,11H2,1H3,(H,22,24,26). The number of carbonyl (C=O) groups is 1. The number of nitrogens with zero attached hydrogens (tertiary/aromatic N) is 3. The van der Waals surface area contributed by atoms with Gasteiger partial charge >= 0.3 is 0 Å². The van der Waals surface area contributed by atoms with Crippen molar-refractivity contribution in [1.82, 2.24) is 14.5 Å². The smallest absolute Gasteiger partial charge is 0.244 e. The van der Waals surface area contributed by atoms with Crippen LogP contribution >= 0.6 is 22.9 Å². The summed E-state index contributed by atoms with van der Waals surface area (Å²) in [4.78, 5) is 13.0. The van der Waals surface area contributed by atoms with E-state index in [4.69, 9.17) is 16.3 Å². The van der Waals surface area contributed by atoms with Crippen LogP contribution in [0.15, 0.2) is 53.4 Å². The molecule has 0 bridgehead atoms. The number of benzene rings is 2. The van der Waals surface area contributed by atoms with Crippen molar-refractivity contribution in [3.63, 3.8) is 0 Å². The number of hydrogen-bond donors (Lipinski definition) is 1. The average Bonchev–Trinajstić information content (AvgIpc) is 3.44. The van der Waals surface area contributed by atoms with E-state index in [1.165, 1.54) is 39.9 Å². The molecule has 0 saturated carbocycles. The van der Waals surface area contributed by atoms with E-state index in [-0.39, 0.29) is 11.4 Å². The van der Waals surface area contributed by atoms with Gasteiger partial charge in [-0.1, -0.05) is 35.1 Å². The summed E-state index contributed by atoms with van der Waals surface area (Å²) in [6.45, 7) is 0.272. The lowest BCUT2D eigenvalue weighted by Gasteiger charge is -2.23. The number of hydrogen-bond acceptors (Lipinski definition) is 7. The largest absolute Gasteiger partial charge is 0.497 e. The molecule has 1 unspecified atom stereocenters. The second-order valence-electron chi connectivity index (χ2n) is 6.86. The molecule has 1 atom stereocenters. The lowest BCUT2D eigenvalue weighted by Crippen LogP contribution is -2.43. The molecule has 2 aromatic carbocycles. The zero-order valence-corrected chi connectivity index (χ0v) is 18.9. The van der Waals surface area contributed by atoms with Crippen LogP contribution in [-0.4, -0.2) is 48.5 Å². The zero-order valence-electron chi connectivity index (χ0n) is 16.5. The third-order valence-electron chi connectivity index (χ3n) is 4.90. The van der Waals surface area contributed by atoms with E-state index in [0.29, 0.717) is 33.8 Å². The Balaban J connectivity index is 1.50. The highest BCUT2D eigenvalue weighted by molar-refractivity contribution is 7.89. The molecule has 1 fully saturated rings. The molecule has 4 rings (SSSR count). The quantitative estimate of drug-likeness (QED) is 0.580. The van der Waals surface area contributed by atoms with Crippen molar-refractivity contribution in [3.05, 3.63) is 53.6 Å². The SMILES string of the molecule is COc1cccc(-c2nnc(NC(=O)C3CCCN3S(=O)(=O)c3ccc(Cl)cc3)s2)c1. The van der Waals surface area contributed by atoms with Crippen LogP contribution in [0.25, 0.3) is 10.6 Å². The van der Waals surface area contributed by atoms with E-state index in [2.05, 4.69) is 15.5 Å². The molecule has 3 aromatic rings. The number of anilines is 1. The van der Waals surface area contributed by atoms with Crippen LogP contribution in [0, 0.1) is 0 Å². The fourth-order valence-electron chi connectivity index (χ4n) is 3.37. The summed E-state index contributed by atoms with van der Waals surface area (Å²) in [5, 5.41) is 12.2. The summed E-state index contributed by atoms with van der Waals surface area (Å²) in [6, 6.07) is 12.4. The summed E-state index contributed by atoms with van der Waals surface area (Å²) in [7, 11) is -2.24. The highest BCUT2D eigenvalue weighted by Gasteiger charge is 2.39. The van der Waals surface area contributed by atoms with Gasteiger partial charge in [0.2, 0.25) is 21.1 Å². The van der Waals surface area contributed by atoms with Crippen LogP contribution in [0.4, 0.5) is 5.13 Å². The number of amides is 1. The molecule has 1 saturated heterocycles. The molecule has 8 nitrogen and oxygen atoms in total. The molecule has 1 aliphatic heterocycles. The van der Waals surface area contributed by atoms with Crippen molar-refractivity contribution in [2.75, 3.05) is 19.0 Å². The van der Waals surface area contributed by atoms with Crippen molar-refractivity contribution < 1.29 is 17.9 Å². The molecule has 0 spiro atoms. The monoisotopic (exact) mass is 478 g/mol. The van der Waals surface area contributed by atoms with Gasteiger partial charge in [-0.25, -0.2) is 8.42 Å². The lowest BCUT2D eigenvalue weighted by atomic mass is 10.2. The van der Waals surface area contributed by atoms with E-state index >= 15 is 0 Å². The van der Waals surface area contributed by atoms with Gasteiger partial charge in [0.25, 0.3) is 0 Å². The van der Waals surface area contributed by atoms with Crippen LogP contribution in [-0.2, 0) is 14.8 Å². The van der Waals surface area contributed by atoms with Gasteiger partial charge in [0.15, 0.2) is 0 Å². The van der Waals surface area contributed by atoms with Gasteiger partial charge in [-0.15, -0.1) is 10.2 Å². The summed E-state index contributed by atoms with van der Waals surface area (Å²) >= 11 is 7.07. The van der Waals surface area contributed by atoms with Gasteiger partial charge in [-0.3, -0.25) is 10.1 Å². The number of methoxy groups -OCH3 is 1. The predicted octanol–water partition coefficient (Wildman–Crippen LogP) is 3.66. The number of carbonyl (C=O) groups excluding carboxylic acids is 1. The normalized spacial score (nSPS) is 16.9.